The third-order valence-electron chi connectivity index (χ3n) is 4.21. The van der Waals surface area contributed by atoms with Crippen molar-refractivity contribution in [2.45, 2.75) is 17.4 Å². The molecule has 150 valence electrons. The fourth-order valence-corrected chi connectivity index (χ4v) is 5.01. The fourth-order valence-electron chi connectivity index (χ4n) is 2.81. The van der Waals surface area contributed by atoms with Gasteiger partial charge in [-0.3, -0.25) is 4.79 Å². The van der Waals surface area contributed by atoms with Gasteiger partial charge in [-0.15, -0.1) is 0 Å². The standard InChI is InChI=1S/C16H23ClN4O4S2/c1-26-10-5-14(19-16(18)23)15(22)20-6-8-21(9-7-20)27(24,25)13-4-2-3-12(17)11-13/h2-4,11,14H,5-10H2,1H3,(H3,18,19,23)/t14-/m0/s1. The fraction of sp³-hybridized carbons (Fsp3) is 0.500. The van der Waals surface area contributed by atoms with Crippen molar-refractivity contribution in [2.75, 3.05) is 38.2 Å². The number of hydrogen-bond donors (Lipinski definition) is 2. The molecule has 1 aliphatic heterocycles. The average molecular weight is 435 g/mol. The highest BCUT2D eigenvalue weighted by Crippen LogP contribution is 2.21. The van der Waals surface area contributed by atoms with Crippen LogP contribution in [0.25, 0.3) is 0 Å². The van der Waals surface area contributed by atoms with Gasteiger partial charge in [-0.2, -0.15) is 16.1 Å². The average Bonchev–Trinajstić information content (AvgIpc) is 2.64. The van der Waals surface area contributed by atoms with E-state index in [0.717, 1.165) is 0 Å². The number of nitrogens with two attached hydrogens (primary N) is 1. The maximum atomic E-state index is 12.7. The number of sulfonamides is 1. The molecule has 11 heteroatoms. The predicted molar refractivity (Wildman–Crippen MR) is 106 cm³/mol. The highest BCUT2D eigenvalue weighted by atomic mass is 35.5. The lowest BCUT2D eigenvalue weighted by molar-refractivity contribution is -0.134. The summed E-state index contributed by atoms with van der Waals surface area (Å²) >= 11 is 7.45. The number of halogens is 1. The lowest BCUT2D eigenvalue weighted by Crippen LogP contribution is -2.56. The molecule has 0 unspecified atom stereocenters. The molecule has 1 atom stereocenters. The zero-order valence-corrected chi connectivity index (χ0v) is 17.3. The van der Waals surface area contributed by atoms with Crippen LogP contribution in [0, 0.1) is 0 Å². The normalized spacial score (nSPS) is 16.7. The van der Waals surface area contributed by atoms with E-state index >= 15 is 0 Å². The van der Waals surface area contributed by atoms with Crippen molar-refractivity contribution in [1.82, 2.24) is 14.5 Å². The van der Waals surface area contributed by atoms with Gasteiger partial charge in [-0.05, 0) is 36.6 Å². The largest absolute Gasteiger partial charge is 0.352 e. The van der Waals surface area contributed by atoms with E-state index in [1.54, 1.807) is 28.8 Å². The number of primary amides is 1. The van der Waals surface area contributed by atoms with Crippen LogP contribution in [-0.2, 0) is 14.8 Å². The van der Waals surface area contributed by atoms with E-state index in [4.69, 9.17) is 17.3 Å². The smallest absolute Gasteiger partial charge is 0.312 e. The van der Waals surface area contributed by atoms with Crippen LogP contribution in [-0.4, -0.2) is 73.8 Å². The van der Waals surface area contributed by atoms with Crippen LogP contribution in [0.2, 0.25) is 5.02 Å². The van der Waals surface area contributed by atoms with E-state index in [0.29, 0.717) is 17.2 Å². The third kappa shape index (κ3) is 5.74. The Morgan fingerprint density at radius 2 is 1.96 bits per heavy atom. The van der Waals surface area contributed by atoms with E-state index in [-0.39, 0.29) is 37.0 Å². The number of nitrogens with zero attached hydrogens (tertiary/aromatic N) is 2. The molecule has 2 rings (SSSR count). The van der Waals surface area contributed by atoms with E-state index in [1.807, 2.05) is 6.26 Å². The minimum Gasteiger partial charge on any atom is -0.352 e. The number of thioether (sulfide) groups is 1. The van der Waals surface area contributed by atoms with Crippen LogP contribution >= 0.6 is 23.4 Å². The van der Waals surface area contributed by atoms with Crippen molar-refractivity contribution in [3.63, 3.8) is 0 Å². The van der Waals surface area contributed by atoms with E-state index in [9.17, 15) is 18.0 Å². The topological polar surface area (TPSA) is 113 Å². The molecule has 8 nitrogen and oxygen atoms in total. The number of rotatable bonds is 7. The van der Waals surface area contributed by atoms with Crippen LogP contribution < -0.4 is 11.1 Å². The molecule has 0 bridgehead atoms. The molecule has 1 aromatic rings. The molecule has 0 saturated carbocycles. The van der Waals surface area contributed by atoms with Gasteiger partial charge in [0.05, 0.1) is 4.90 Å². The summed E-state index contributed by atoms with van der Waals surface area (Å²) in [6, 6.07) is 4.64. The SMILES string of the molecule is CSCC[C@H](NC(N)=O)C(=O)N1CCN(S(=O)(=O)c2cccc(Cl)c2)CC1. The number of urea groups is 1. The van der Waals surface area contributed by atoms with Crippen molar-refractivity contribution < 1.29 is 18.0 Å². The van der Waals surface area contributed by atoms with Crippen LogP contribution in [0.3, 0.4) is 0 Å². The van der Waals surface area contributed by atoms with E-state index in [2.05, 4.69) is 5.32 Å². The van der Waals surface area contributed by atoms with Crippen molar-refractivity contribution in [1.29, 1.82) is 0 Å². The second kappa shape index (κ2) is 9.63. The first-order chi connectivity index (χ1) is 12.8. The van der Waals surface area contributed by atoms with Crippen molar-refractivity contribution in [3.05, 3.63) is 29.3 Å². The summed E-state index contributed by atoms with van der Waals surface area (Å²) in [5.74, 6) is 0.447. The lowest BCUT2D eigenvalue weighted by atomic mass is 10.2. The molecular formula is C16H23ClN4O4S2. The van der Waals surface area contributed by atoms with Gasteiger partial charge in [-0.1, -0.05) is 17.7 Å². The molecule has 0 radical (unpaired) electrons. The van der Waals surface area contributed by atoms with E-state index in [1.165, 1.54) is 16.4 Å². The van der Waals surface area contributed by atoms with Gasteiger partial charge in [0.1, 0.15) is 6.04 Å². The zero-order valence-electron chi connectivity index (χ0n) is 14.9. The molecule has 0 spiro atoms. The van der Waals surface area contributed by atoms with Gasteiger partial charge in [0.15, 0.2) is 0 Å². The Morgan fingerprint density at radius 3 is 2.52 bits per heavy atom. The van der Waals surface area contributed by atoms with Crippen molar-refractivity contribution in [3.8, 4) is 0 Å². The zero-order chi connectivity index (χ0) is 20.0. The molecule has 1 aliphatic rings. The molecule has 27 heavy (non-hydrogen) atoms. The summed E-state index contributed by atoms with van der Waals surface area (Å²) < 4.78 is 26.8. The second-order valence-corrected chi connectivity index (χ2v) is 9.39. The Morgan fingerprint density at radius 1 is 1.30 bits per heavy atom. The van der Waals surface area contributed by atoms with Crippen molar-refractivity contribution in [2.24, 2.45) is 5.73 Å². The maximum absolute atomic E-state index is 12.7. The molecule has 3 amide bonds. The molecule has 0 aromatic heterocycles. The van der Waals surface area contributed by atoms with Gasteiger partial charge in [-0.25, -0.2) is 13.2 Å². The number of piperazine rings is 1. The Balaban J connectivity index is 2.02. The Hall–Kier alpha value is -1.49. The molecule has 1 fully saturated rings. The molecule has 0 aliphatic carbocycles. The highest BCUT2D eigenvalue weighted by Gasteiger charge is 2.32. The lowest BCUT2D eigenvalue weighted by Gasteiger charge is -2.35. The molecule has 3 N–H and O–H groups in total. The van der Waals surface area contributed by atoms with Gasteiger partial charge in [0.2, 0.25) is 15.9 Å². The minimum atomic E-state index is -3.67. The summed E-state index contributed by atoms with van der Waals surface area (Å²) in [6.45, 7) is 0.836. The Kier molecular flexibility index (Phi) is 7.78. The molecule has 1 aromatic carbocycles. The molecular weight excluding hydrogens is 412 g/mol. The van der Waals surface area contributed by atoms with Gasteiger partial charge in [0.25, 0.3) is 0 Å². The Labute approximate surface area is 168 Å². The first kappa shape index (κ1) is 21.8. The van der Waals surface area contributed by atoms with Gasteiger partial charge in [0, 0.05) is 31.2 Å². The third-order valence-corrected chi connectivity index (χ3v) is 6.98. The van der Waals surface area contributed by atoms with Crippen LogP contribution in [0.15, 0.2) is 29.2 Å². The van der Waals surface area contributed by atoms with Gasteiger partial charge >= 0.3 is 6.03 Å². The quantitative estimate of drug-likeness (QED) is 0.663. The summed E-state index contributed by atoms with van der Waals surface area (Å²) in [7, 11) is -3.67. The highest BCUT2D eigenvalue weighted by molar-refractivity contribution is 7.98. The first-order valence-electron chi connectivity index (χ1n) is 8.35. The van der Waals surface area contributed by atoms with Crippen LogP contribution in [0.4, 0.5) is 4.79 Å². The minimum absolute atomic E-state index is 0.128. The van der Waals surface area contributed by atoms with E-state index < -0.39 is 22.1 Å². The summed E-state index contributed by atoms with van der Waals surface area (Å²) in [5, 5.41) is 2.82. The number of hydrogen-bond acceptors (Lipinski definition) is 5. The van der Waals surface area contributed by atoms with Gasteiger partial charge < -0.3 is 16.0 Å². The number of carbonyl (C=O) groups is 2. The monoisotopic (exact) mass is 434 g/mol. The summed E-state index contributed by atoms with van der Waals surface area (Å²) in [5.41, 5.74) is 5.16. The van der Waals surface area contributed by atoms with Crippen LogP contribution in [0.5, 0.6) is 0 Å². The number of amides is 3. The molecule has 1 saturated heterocycles. The Bertz CT molecular complexity index is 782. The number of carbonyl (C=O) groups excluding carboxylic acids is 2. The van der Waals surface area contributed by atoms with Crippen LogP contribution in [0.1, 0.15) is 6.42 Å². The molecule has 1 heterocycles. The number of nitrogens with one attached hydrogen (secondary N) is 1. The summed E-state index contributed by atoms with van der Waals surface area (Å²) in [6.07, 6.45) is 2.37. The maximum Gasteiger partial charge on any atom is 0.312 e. The second-order valence-electron chi connectivity index (χ2n) is 6.03. The predicted octanol–water partition coefficient (Wildman–Crippen LogP) is 0.963. The number of benzene rings is 1. The summed E-state index contributed by atoms with van der Waals surface area (Å²) in [4.78, 5) is 25.5. The van der Waals surface area contributed by atoms with Crippen molar-refractivity contribution >= 4 is 45.3 Å². The first-order valence-corrected chi connectivity index (χ1v) is 11.6.